The maximum Gasteiger partial charge on any atom is 0.316 e. The van der Waals surface area contributed by atoms with E-state index < -0.39 is 24.4 Å². The third-order valence-electron chi connectivity index (χ3n) is 2.42. The quantitative estimate of drug-likeness (QED) is 0.483. The lowest BCUT2D eigenvalue weighted by Crippen LogP contribution is -2.42. The number of hydrazine groups is 1. The number of carbonyl (C=O) groups is 3. The molecule has 0 radical (unpaired) electrons. The molecule has 0 aliphatic carbocycles. The average Bonchev–Trinajstić information content (AvgIpc) is 2.41. The van der Waals surface area contributed by atoms with Crippen molar-refractivity contribution in [3.05, 3.63) is 29.3 Å². The molecule has 7 heteroatoms. The van der Waals surface area contributed by atoms with Crippen LogP contribution >= 0.6 is 11.8 Å². The number of aryl methyl sites for hydroxylation is 2. The third-order valence-corrected chi connectivity index (χ3v) is 3.57. The molecule has 6 nitrogen and oxygen atoms in total. The molecule has 0 bridgehead atoms. The van der Waals surface area contributed by atoms with Crippen molar-refractivity contribution in [1.82, 2.24) is 10.9 Å². The van der Waals surface area contributed by atoms with Gasteiger partial charge in [0.05, 0.1) is 5.75 Å². The summed E-state index contributed by atoms with van der Waals surface area (Å²) in [4.78, 5) is 34.3. The molecule has 0 aromatic heterocycles. The molecule has 0 unspecified atom stereocenters. The van der Waals surface area contributed by atoms with Crippen molar-refractivity contribution in [2.24, 2.45) is 0 Å². The van der Waals surface area contributed by atoms with Crippen LogP contribution in [0.3, 0.4) is 0 Å². The van der Waals surface area contributed by atoms with Gasteiger partial charge in [-0.15, -0.1) is 11.8 Å². The zero-order chi connectivity index (χ0) is 15.8. The fourth-order valence-corrected chi connectivity index (χ4v) is 2.29. The second-order valence-corrected chi connectivity index (χ2v) is 5.46. The fourth-order valence-electron chi connectivity index (χ4n) is 1.48. The third kappa shape index (κ3) is 6.80. The van der Waals surface area contributed by atoms with E-state index in [4.69, 9.17) is 4.74 Å². The lowest BCUT2D eigenvalue weighted by Gasteiger charge is -2.08. The molecule has 0 spiro atoms. The Bertz CT molecular complexity index is 546. The van der Waals surface area contributed by atoms with Crippen molar-refractivity contribution in [3.8, 4) is 0 Å². The SMILES string of the molecule is CC(=O)NNC(=O)COC(=O)CSc1ccc(C)cc1C. The van der Waals surface area contributed by atoms with Gasteiger partial charge in [-0.25, -0.2) is 0 Å². The number of thioether (sulfide) groups is 1. The highest BCUT2D eigenvalue weighted by Gasteiger charge is 2.09. The van der Waals surface area contributed by atoms with Crippen LogP contribution in [0.25, 0.3) is 0 Å². The Hall–Kier alpha value is -2.02. The van der Waals surface area contributed by atoms with Gasteiger partial charge in [0.1, 0.15) is 0 Å². The first-order valence-corrected chi connectivity index (χ1v) is 7.28. The Morgan fingerprint density at radius 2 is 1.90 bits per heavy atom. The zero-order valence-corrected chi connectivity index (χ0v) is 13.0. The van der Waals surface area contributed by atoms with Crippen molar-refractivity contribution >= 4 is 29.5 Å². The number of ether oxygens (including phenoxy) is 1. The molecule has 1 aromatic carbocycles. The molecule has 2 amide bonds. The summed E-state index contributed by atoms with van der Waals surface area (Å²) in [6.45, 7) is 4.81. The van der Waals surface area contributed by atoms with E-state index in [0.717, 1.165) is 16.0 Å². The number of nitrogens with one attached hydrogen (secondary N) is 2. The normalized spacial score (nSPS) is 9.86. The fraction of sp³-hybridized carbons (Fsp3) is 0.357. The number of hydrogen-bond acceptors (Lipinski definition) is 5. The van der Waals surface area contributed by atoms with E-state index in [-0.39, 0.29) is 5.75 Å². The first kappa shape index (κ1) is 17.0. The van der Waals surface area contributed by atoms with E-state index in [2.05, 4.69) is 10.9 Å². The number of benzene rings is 1. The van der Waals surface area contributed by atoms with Gasteiger partial charge >= 0.3 is 5.97 Å². The van der Waals surface area contributed by atoms with Crippen LogP contribution in [0.4, 0.5) is 0 Å². The van der Waals surface area contributed by atoms with E-state index in [0.29, 0.717) is 0 Å². The van der Waals surface area contributed by atoms with Gasteiger partial charge in [-0.05, 0) is 25.5 Å². The Morgan fingerprint density at radius 3 is 2.52 bits per heavy atom. The van der Waals surface area contributed by atoms with Gasteiger partial charge < -0.3 is 4.74 Å². The van der Waals surface area contributed by atoms with Gasteiger partial charge in [0.25, 0.3) is 5.91 Å². The van der Waals surface area contributed by atoms with E-state index in [9.17, 15) is 14.4 Å². The van der Waals surface area contributed by atoms with Gasteiger partial charge in [-0.3, -0.25) is 25.2 Å². The van der Waals surface area contributed by atoms with Gasteiger partial charge in [-0.2, -0.15) is 0 Å². The predicted octanol–water partition coefficient (Wildman–Crippen LogP) is 1.11. The predicted molar refractivity (Wildman–Crippen MR) is 79.6 cm³/mol. The molecule has 0 saturated carbocycles. The summed E-state index contributed by atoms with van der Waals surface area (Å²) in [5, 5.41) is 0. The summed E-state index contributed by atoms with van der Waals surface area (Å²) in [7, 11) is 0. The largest absolute Gasteiger partial charge is 0.455 e. The first-order valence-electron chi connectivity index (χ1n) is 6.29. The molecule has 0 fully saturated rings. The minimum atomic E-state index is -0.588. The van der Waals surface area contributed by atoms with Gasteiger partial charge in [-0.1, -0.05) is 17.7 Å². The summed E-state index contributed by atoms with van der Waals surface area (Å²) >= 11 is 1.36. The molecular weight excluding hydrogens is 292 g/mol. The van der Waals surface area contributed by atoms with Crippen LogP contribution in [0.5, 0.6) is 0 Å². The number of esters is 1. The first-order chi connectivity index (χ1) is 9.88. The average molecular weight is 310 g/mol. The van der Waals surface area contributed by atoms with Gasteiger partial charge in [0.15, 0.2) is 6.61 Å². The van der Waals surface area contributed by atoms with E-state index in [1.54, 1.807) is 0 Å². The highest BCUT2D eigenvalue weighted by atomic mass is 32.2. The maximum absolute atomic E-state index is 11.5. The van der Waals surface area contributed by atoms with Gasteiger partial charge in [0.2, 0.25) is 5.91 Å². The number of amides is 2. The maximum atomic E-state index is 11.5. The summed E-state index contributed by atoms with van der Waals surface area (Å²) in [6, 6.07) is 5.96. The molecule has 2 N–H and O–H groups in total. The monoisotopic (exact) mass is 310 g/mol. The van der Waals surface area contributed by atoms with Crippen LogP contribution in [0.1, 0.15) is 18.1 Å². The highest BCUT2D eigenvalue weighted by molar-refractivity contribution is 8.00. The lowest BCUT2D eigenvalue weighted by molar-refractivity contribution is -0.146. The Kier molecular flexibility index (Phi) is 6.74. The zero-order valence-electron chi connectivity index (χ0n) is 12.2. The molecule has 0 aliphatic heterocycles. The second-order valence-electron chi connectivity index (χ2n) is 4.45. The van der Waals surface area contributed by atoms with Crippen LogP contribution in [0.15, 0.2) is 23.1 Å². The smallest absolute Gasteiger partial charge is 0.316 e. The molecule has 0 atom stereocenters. The Labute approximate surface area is 127 Å². The van der Waals surface area contributed by atoms with Crippen molar-refractivity contribution in [1.29, 1.82) is 0 Å². The number of carbonyl (C=O) groups excluding carboxylic acids is 3. The van der Waals surface area contributed by atoms with E-state index in [1.807, 2.05) is 32.0 Å². The lowest BCUT2D eigenvalue weighted by atomic mass is 10.2. The topological polar surface area (TPSA) is 84.5 Å². The summed E-state index contributed by atoms with van der Waals surface area (Å²) < 4.78 is 4.80. The molecule has 0 saturated heterocycles. The van der Waals surface area contributed by atoms with Crippen LogP contribution in [0.2, 0.25) is 0 Å². The molecule has 1 rings (SSSR count). The molecule has 1 aromatic rings. The van der Waals surface area contributed by atoms with Crippen molar-refractivity contribution in [3.63, 3.8) is 0 Å². The van der Waals surface area contributed by atoms with E-state index in [1.165, 1.54) is 18.7 Å². The van der Waals surface area contributed by atoms with E-state index >= 15 is 0 Å². The highest BCUT2D eigenvalue weighted by Crippen LogP contribution is 2.23. The minimum Gasteiger partial charge on any atom is -0.455 e. The minimum absolute atomic E-state index is 0.122. The van der Waals surface area contributed by atoms with Crippen molar-refractivity contribution in [2.45, 2.75) is 25.7 Å². The summed E-state index contributed by atoms with van der Waals surface area (Å²) in [5.74, 6) is -1.36. The molecule has 0 aliphatic rings. The summed E-state index contributed by atoms with van der Waals surface area (Å²) in [6.07, 6.45) is 0. The van der Waals surface area contributed by atoms with Crippen LogP contribution in [0, 0.1) is 13.8 Å². The molecule has 0 heterocycles. The number of rotatable bonds is 5. The van der Waals surface area contributed by atoms with Crippen LogP contribution in [-0.4, -0.2) is 30.1 Å². The van der Waals surface area contributed by atoms with Crippen molar-refractivity contribution < 1.29 is 19.1 Å². The van der Waals surface area contributed by atoms with Gasteiger partial charge in [0, 0.05) is 11.8 Å². The second kappa shape index (κ2) is 8.31. The van der Waals surface area contributed by atoms with Crippen molar-refractivity contribution in [2.75, 3.05) is 12.4 Å². The summed E-state index contributed by atoms with van der Waals surface area (Å²) in [5.41, 5.74) is 6.46. The number of hydrogen-bond donors (Lipinski definition) is 2. The Morgan fingerprint density at radius 1 is 1.19 bits per heavy atom. The molecule has 114 valence electrons. The molecule has 21 heavy (non-hydrogen) atoms. The van der Waals surface area contributed by atoms with Crippen LogP contribution < -0.4 is 10.9 Å². The Balaban J connectivity index is 2.31. The standard InChI is InChI=1S/C14H18N2O4S/c1-9-4-5-12(10(2)6-9)21-8-14(19)20-7-13(18)16-15-11(3)17/h4-6H,7-8H2,1-3H3,(H,15,17)(H,16,18). The molecular formula is C14H18N2O4S. The van der Waals surface area contributed by atoms with Crippen LogP contribution in [-0.2, 0) is 19.1 Å².